The van der Waals surface area contributed by atoms with Crippen molar-refractivity contribution in [2.75, 3.05) is 6.54 Å². The van der Waals surface area contributed by atoms with E-state index in [1.54, 1.807) is 23.2 Å². The number of aliphatic hydroxyl groups is 1. The Morgan fingerprint density at radius 3 is 2.84 bits per heavy atom. The Labute approximate surface area is 145 Å². The predicted octanol–water partition coefficient (Wildman–Crippen LogP) is 1.42. The Kier molecular flexibility index (Phi) is 3.73. The first kappa shape index (κ1) is 15.7. The number of carbonyl (C=O) groups is 2. The van der Waals surface area contributed by atoms with E-state index in [0.717, 1.165) is 12.0 Å². The number of rotatable bonds is 3. The maximum Gasteiger partial charge on any atom is 0.317 e. The lowest BCUT2D eigenvalue weighted by Crippen LogP contribution is -2.67. The Balaban J connectivity index is 1.54. The zero-order valence-electron chi connectivity index (χ0n) is 13.7. The molecular formula is C18H20N4O3. The fourth-order valence-corrected chi connectivity index (χ4v) is 3.76. The quantitative estimate of drug-likeness (QED) is 0.790. The summed E-state index contributed by atoms with van der Waals surface area (Å²) in [5.41, 5.74) is 0.312. The summed E-state index contributed by atoms with van der Waals surface area (Å²) in [6, 6.07) is 12.6. The molecule has 2 aliphatic rings. The Bertz CT molecular complexity index is 804. The van der Waals surface area contributed by atoms with Crippen LogP contribution in [0.15, 0.2) is 48.7 Å². The Morgan fingerprint density at radius 1 is 1.24 bits per heavy atom. The zero-order valence-corrected chi connectivity index (χ0v) is 13.7. The van der Waals surface area contributed by atoms with Crippen molar-refractivity contribution in [1.82, 2.24) is 20.1 Å². The molecule has 0 spiro atoms. The molecule has 4 rings (SSSR count). The van der Waals surface area contributed by atoms with E-state index in [1.165, 1.54) is 4.57 Å². The summed E-state index contributed by atoms with van der Waals surface area (Å²) in [6.45, 7) is 0.890. The molecule has 3 heterocycles. The number of nitrogens with zero attached hydrogens (tertiary/aromatic N) is 2. The van der Waals surface area contributed by atoms with Gasteiger partial charge < -0.3 is 25.2 Å². The number of urea groups is 1. The van der Waals surface area contributed by atoms with E-state index in [1.807, 2.05) is 30.3 Å². The summed E-state index contributed by atoms with van der Waals surface area (Å²) < 4.78 is 1.53. The first-order valence-electron chi connectivity index (χ1n) is 8.39. The smallest absolute Gasteiger partial charge is 0.317 e. The van der Waals surface area contributed by atoms with Gasteiger partial charge in [-0.05, 0) is 30.5 Å². The molecule has 1 aromatic heterocycles. The molecule has 130 valence electrons. The molecule has 0 unspecified atom stereocenters. The predicted molar refractivity (Wildman–Crippen MR) is 90.5 cm³/mol. The highest BCUT2D eigenvalue weighted by Crippen LogP contribution is 2.40. The maximum atomic E-state index is 12.7. The standard InChI is InChI=1S/C18H20N4O3/c23-15-14-8-4-10-21(14)16(24)18(9-5-11-22(15)18)20-17(25)19-12-13-6-2-1-3-7-13/h1-4,6-8,10,16,24H,5,9,11-12H2,(H2,19,20,25)/t16-,18-/m0/s1. The minimum Gasteiger partial charge on any atom is -0.369 e. The highest BCUT2D eigenvalue weighted by Gasteiger charge is 2.55. The van der Waals surface area contributed by atoms with Crippen LogP contribution in [0.25, 0.3) is 0 Å². The average molecular weight is 340 g/mol. The summed E-state index contributed by atoms with van der Waals surface area (Å²) in [5.74, 6) is -0.170. The van der Waals surface area contributed by atoms with Crippen LogP contribution in [0, 0.1) is 0 Å². The van der Waals surface area contributed by atoms with Gasteiger partial charge in [0.25, 0.3) is 5.91 Å². The molecule has 7 nitrogen and oxygen atoms in total. The monoisotopic (exact) mass is 340 g/mol. The Morgan fingerprint density at radius 2 is 2.04 bits per heavy atom. The van der Waals surface area contributed by atoms with Gasteiger partial charge in [0.15, 0.2) is 11.9 Å². The summed E-state index contributed by atoms with van der Waals surface area (Å²) in [7, 11) is 0. The van der Waals surface area contributed by atoms with Crippen molar-refractivity contribution < 1.29 is 14.7 Å². The van der Waals surface area contributed by atoms with Crippen molar-refractivity contribution in [2.24, 2.45) is 0 Å². The summed E-state index contributed by atoms with van der Waals surface area (Å²) in [5, 5.41) is 16.5. The third-order valence-corrected chi connectivity index (χ3v) is 4.98. The van der Waals surface area contributed by atoms with Crippen molar-refractivity contribution in [3.8, 4) is 0 Å². The first-order valence-corrected chi connectivity index (χ1v) is 8.39. The normalized spacial score (nSPS) is 24.6. The van der Waals surface area contributed by atoms with E-state index >= 15 is 0 Å². The minimum absolute atomic E-state index is 0.170. The van der Waals surface area contributed by atoms with E-state index in [4.69, 9.17) is 0 Å². The van der Waals surface area contributed by atoms with Gasteiger partial charge in [0.05, 0.1) is 0 Å². The van der Waals surface area contributed by atoms with Gasteiger partial charge in [-0.25, -0.2) is 4.79 Å². The molecule has 0 radical (unpaired) electrons. The van der Waals surface area contributed by atoms with E-state index in [9.17, 15) is 14.7 Å². The van der Waals surface area contributed by atoms with Gasteiger partial charge in [0.2, 0.25) is 0 Å². The number of hydrogen-bond donors (Lipinski definition) is 3. The highest BCUT2D eigenvalue weighted by molar-refractivity contribution is 5.95. The van der Waals surface area contributed by atoms with Crippen LogP contribution >= 0.6 is 0 Å². The number of hydrogen-bond acceptors (Lipinski definition) is 3. The van der Waals surface area contributed by atoms with Crippen molar-refractivity contribution in [3.63, 3.8) is 0 Å². The van der Waals surface area contributed by atoms with Crippen LogP contribution in [0.2, 0.25) is 0 Å². The molecule has 2 aromatic rings. The molecule has 0 saturated carbocycles. The van der Waals surface area contributed by atoms with E-state index < -0.39 is 17.9 Å². The van der Waals surface area contributed by atoms with Crippen LogP contribution in [0.5, 0.6) is 0 Å². The van der Waals surface area contributed by atoms with Crippen LogP contribution < -0.4 is 10.6 Å². The molecule has 7 heteroatoms. The fourth-order valence-electron chi connectivity index (χ4n) is 3.76. The first-order chi connectivity index (χ1) is 12.1. The number of amides is 3. The van der Waals surface area contributed by atoms with Crippen LogP contribution in [-0.4, -0.2) is 38.7 Å². The average Bonchev–Trinajstić information content (AvgIpc) is 3.27. The fraction of sp³-hybridized carbons (Fsp3) is 0.333. The van der Waals surface area contributed by atoms with E-state index in [2.05, 4.69) is 10.6 Å². The largest absolute Gasteiger partial charge is 0.369 e. The molecule has 25 heavy (non-hydrogen) atoms. The van der Waals surface area contributed by atoms with Gasteiger partial charge in [-0.3, -0.25) is 4.79 Å². The van der Waals surface area contributed by atoms with Crippen molar-refractivity contribution >= 4 is 11.9 Å². The topological polar surface area (TPSA) is 86.6 Å². The van der Waals surface area contributed by atoms with Crippen molar-refractivity contribution in [3.05, 3.63) is 59.9 Å². The second-order valence-electron chi connectivity index (χ2n) is 6.45. The summed E-state index contributed by atoms with van der Waals surface area (Å²) in [6.07, 6.45) is 1.89. The molecule has 0 bridgehead atoms. The number of aliphatic hydroxyl groups excluding tert-OH is 1. The molecule has 3 amide bonds. The van der Waals surface area contributed by atoms with Crippen molar-refractivity contribution in [1.29, 1.82) is 0 Å². The maximum absolute atomic E-state index is 12.7. The molecule has 1 saturated heterocycles. The van der Waals surface area contributed by atoms with Crippen LogP contribution in [0.1, 0.15) is 35.1 Å². The van der Waals surface area contributed by atoms with Gasteiger partial charge in [0, 0.05) is 19.3 Å². The van der Waals surface area contributed by atoms with Gasteiger partial charge in [0.1, 0.15) is 5.69 Å². The third-order valence-electron chi connectivity index (χ3n) is 4.98. The lowest BCUT2D eigenvalue weighted by atomic mass is 10.0. The Hall–Kier alpha value is -2.80. The number of aromatic nitrogens is 1. The van der Waals surface area contributed by atoms with Gasteiger partial charge in [-0.1, -0.05) is 30.3 Å². The lowest BCUT2D eigenvalue weighted by molar-refractivity contribution is -0.0687. The highest BCUT2D eigenvalue weighted by atomic mass is 16.3. The number of fused-ring (bicyclic) bond motifs is 2. The second kappa shape index (κ2) is 5.93. The molecular weight excluding hydrogens is 320 g/mol. The van der Waals surface area contributed by atoms with Gasteiger partial charge in [-0.15, -0.1) is 0 Å². The van der Waals surface area contributed by atoms with Gasteiger partial charge in [-0.2, -0.15) is 0 Å². The SMILES string of the molecule is O=C(NCc1ccccc1)N[C@@]12CCCN1C(=O)c1cccn1[C@H]2O. The molecule has 1 aromatic carbocycles. The molecule has 3 N–H and O–H groups in total. The number of nitrogens with one attached hydrogen (secondary N) is 2. The van der Waals surface area contributed by atoms with Crippen LogP contribution in [-0.2, 0) is 6.54 Å². The van der Waals surface area contributed by atoms with Crippen LogP contribution in [0.3, 0.4) is 0 Å². The van der Waals surface area contributed by atoms with Gasteiger partial charge >= 0.3 is 6.03 Å². The summed E-state index contributed by atoms with van der Waals surface area (Å²) >= 11 is 0. The third kappa shape index (κ3) is 2.47. The molecule has 2 aliphatic heterocycles. The minimum atomic E-state index is -1.11. The molecule has 2 atom stereocenters. The number of carbonyl (C=O) groups excluding carboxylic acids is 2. The number of benzene rings is 1. The van der Waals surface area contributed by atoms with E-state index in [0.29, 0.717) is 25.2 Å². The summed E-state index contributed by atoms with van der Waals surface area (Å²) in [4.78, 5) is 26.7. The second-order valence-corrected chi connectivity index (χ2v) is 6.45. The van der Waals surface area contributed by atoms with Crippen molar-refractivity contribution in [2.45, 2.75) is 31.3 Å². The van der Waals surface area contributed by atoms with Crippen LogP contribution in [0.4, 0.5) is 4.79 Å². The molecule has 0 aliphatic carbocycles. The van der Waals surface area contributed by atoms with E-state index in [-0.39, 0.29) is 5.91 Å². The lowest BCUT2D eigenvalue weighted by Gasteiger charge is -2.46. The molecule has 1 fully saturated rings. The zero-order chi connectivity index (χ0) is 17.4.